The number of aromatic amines is 1. The first kappa shape index (κ1) is 9.41. The number of rotatable bonds is 1. The minimum atomic E-state index is 0.382. The predicted octanol–water partition coefficient (Wildman–Crippen LogP) is 1.28. The van der Waals surface area contributed by atoms with Crippen molar-refractivity contribution in [3.05, 3.63) is 40.1 Å². The minimum absolute atomic E-state index is 0.382. The summed E-state index contributed by atoms with van der Waals surface area (Å²) in [4.78, 5) is 26.9. The molecule has 0 aromatic heterocycles. The molecule has 0 amide bonds. The molecule has 3 aliphatic rings. The van der Waals surface area contributed by atoms with Crippen molar-refractivity contribution in [3.63, 3.8) is 0 Å². The summed E-state index contributed by atoms with van der Waals surface area (Å²) >= 11 is 0. The van der Waals surface area contributed by atoms with Crippen molar-refractivity contribution >= 4 is 16.5 Å². The third-order valence-electron chi connectivity index (χ3n) is 3.12. The van der Waals surface area contributed by atoms with Gasteiger partial charge < -0.3 is 4.98 Å². The van der Waals surface area contributed by atoms with Crippen molar-refractivity contribution in [2.45, 2.75) is 0 Å². The highest BCUT2D eigenvalue weighted by Gasteiger charge is 2.21. The summed E-state index contributed by atoms with van der Waals surface area (Å²) in [5.41, 5.74) is 2.95. The predicted molar refractivity (Wildman–Crippen MR) is 65.3 cm³/mol. The molecule has 2 heterocycles. The Morgan fingerprint density at radius 1 is 1.17 bits per heavy atom. The van der Waals surface area contributed by atoms with Gasteiger partial charge in [-0.05, 0) is 5.18 Å². The van der Waals surface area contributed by atoms with E-state index in [1.54, 1.807) is 0 Å². The first-order chi connectivity index (χ1) is 8.88. The van der Waals surface area contributed by atoms with Crippen LogP contribution in [-0.2, 0) is 0 Å². The lowest BCUT2D eigenvalue weighted by atomic mass is 10.2. The molecule has 1 aromatic rings. The normalized spacial score (nSPS) is 13.3. The number of benzene rings is 1. The zero-order valence-electron chi connectivity index (χ0n) is 9.21. The number of hydrogen-bond acceptors (Lipinski definition) is 5. The molecule has 0 radical (unpaired) electrons. The van der Waals surface area contributed by atoms with E-state index in [9.17, 15) is 4.91 Å². The monoisotopic (exact) mass is 237 g/mol. The second-order valence-corrected chi connectivity index (χ2v) is 4.08. The standard InChI is InChI=1S/C12H7N5O/c18-17-9-7-4-2-1-3-6(7)8-10(9)16-12-11(15-8)13-5-14-12/h1-4H,5H2,(H,14,16). The van der Waals surface area contributed by atoms with Crippen LogP contribution < -0.4 is 11.0 Å². The zero-order valence-corrected chi connectivity index (χ0v) is 9.21. The van der Waals surface area contributed by atoms with Gasteiger partial charge >= 0.3 is 0 Å². The van der Waals surface area contributed by atoms with Crippen molar-refractivity contribution in [2.24, 2.45) is 15.2 Å². The molecule has 0 atom stereocenters. The van der Waals surface area contributed by atoms with E-state index in [0.29, 0.717) is 29.0 Å². The Hall–Kier alpha value is -2.63. The van der Waals surface area contributed by atoms with Crippen LogP contribution in [0, 0.1) is 4.91 Å². The summed E-state index contributed by atoms with van der Waals surface area (Å²) in [5.74, 6) is 0. The molecule has 0 unspecified atom stereocenters. The summed E-state index contributed by atoms with van der Waals surface area (Å²) < 4.78 is 0. The highest BCUT2D eigenvalue weighted by molar-refractivity contribution is 6.09. The van der Waals surface area contributed by atoms with Crippen LogP contribution in [0.1, 0.15) is 0 Å². The SMILES string of the molecule is O=Nc1c2[nH]c3c(nc-2c2ccccc12)=NCN=3. The molecule has 0 saturated heterocycles. The molecule has 2 aliphatic heterocycles. The van der Waals surface area contributed by atoms with Crippen molar-refractivity contribution in [3.8, 4) is 11.4 Å². The fraction of sp³-hybridized carbons (Fsp3) is 0.0833. The Balaban J connectivity index is 2.32. The van der Waals surface area contributed by atoms with Gasteiger partial charge in [-0.3, -0.25) is 0 Å². The maximum absolute atomic E-state index is 11.0. The summed E-state index contributed by atoms with van der Waals surface area (Å²) in [6.07, 6.45) is 0. The van der Waals surface area contributed by atoms with Gasteiger partial charge in [0.05, 0.1) is 11.4 Å². The number of hydrogen-bond donors (Lipinski definition) is 1. The Morgan fingerprint density at radius 2 is 2.00 bits per heavy atom. The summed E-state index contributed by atoms with van der Waals surface area (Å²) in [6.45, 7) is 0.382. The second kappa shape index (κ2) is 3.19. The molecule has 0 spiro atoms. The molecule has 86 valence electrons. The van der Waals surface area contributed by atoms with Crippen LogP contribution in [0.25, 0.3) is 22.2 Å². The molecule has 1 aliphatic carbocycles. The largest absolute Gasteiger partial charge is 0.334 e. The maximum Gasteiger partial charge on any atom is 0.193 e. The van der Waals surface area contributed by atoms with Gasteiger partial charge in [0, 0.05) is 10.8 Å². The first-order valence-corrected chi connectivity index (χ1v) is 5.51. The average molecular weight is 237 g/mol. The summed E-state index contributed by atoms with van der Waals surface area (Å²) in [7, 11) is 0. The number of aromatic nitrogens is 2. The van der Waals surface area contributed by atoms with Crippen LogP contribution in [0.3, 0.4) is 0 Å². The third-order valence-corrected chi connectivity index (χ3v) is 3.12. The Bertz CT molecular complexity index is 879. The highest BCUT2D eigenvalue weighted by atomic mass is 16.3. The Kier molecular flexibility index (Phi) is 1.67. The fourth-order valence-corrected chi connectivity index (χ4v) is 2.33. The Labute approximate surface area is 100 Å². The second-order valence-electron chi connectivity index (χ2n) is 4.08. The number of nitrogens with one attached hydrogen (secondary N) is 1. The molecule has 0 bridgehead atoms. The van der Waals surface area contributed by atoms with Crippen molar-refractivity contribution in [1.82, 2.24) is 9.97 Å². The average Bonchev–Trinajstić information content (AvgIpc) is 2.97. The highest BCUT2D eigenvalue weighted by Crippen LogP contribution is 2.40. The number of nitroso groups, excluding NO2 is 1. The number of H-pyrrole nitrogens is 1. The third kappa shape index (κ3) is 1.04. The van der Waals surface area contributed by atoms with Crippen LogP contribution in [0.4, 0.5) is 5.69 Å². The van der Waals surface area contributed by atoms with E-state index < -0.39 is 0 Å². The zero-order chi connectivity index (χ0) is 12.1. The summed E-state index contributed by atoms with van der Waals surface area (Å²) in [5, 5.41) is 4.83. The topological polar surface area (TPSA) is 82.8 Å². The lowest BCUT2D eigenvalue weighted by molar-refractivity contribution is 1.04. The molecule has 18 heavy (non-hydrogen) atoms. The smallest absolute Gasteiger partial charge is 0.193 e. The van der Waals surface area contributed by atoms with E-state index in [1.165, 1.54) is 0 Å². The van der Waals surface area contributed by atoms with E-state index in [-0.39, 0.29) is 0 Å². The number of nitrogens with zero attached hydrogens (tertiary/aromatic N) is 4. The van der Waals surface area contributed by atoms with Crippen LogP contribution in [0.5, 0.6) is 0 Å². The molecule has 1 N–H and O–H groups in total. The molecular weight excluding hydrogens is 230 g/mol. The van der Waals surface area contributed by atoms with Crippen LogP contribution in [-0.4, -0.2) is 16.6 Å². The van der Waals surface area contributed by atoms with Crippen LogP contribution >= 0.6 is 0 Å². The van der Waals surface area contributed by atoms with E-state index in [4.69, 9.17) is 0 Å². The molecule has 6 heteroatoms. The summed E-state index contributed by atoms with van der Waals surface area (Å²) in [6, 6.07) is 7.57. The Morgan fingerprint density at radius 3 is 2.83 bits per heavy atom. The van der Waals surface area contributed by atoms with E-state index in [0.717, 1.165) is 16.5 Å². The maximum atomic E-state index is 11.0. The van der Waals surface area contributed by atoms with E-state index in [1.807, 2.05) is 24.3 Å². The van der Waals surface area contributed by atoms with Gasteiger partial charge in [-0.15, -0.1) is 4.91 Å². The fourth-order valence-electron chi connectivity index (χ4n) is 2.33. The van der Waals surface area contributed by atoms with Gasteiger partial charge in [-0.2, -0.15) is 0 Å². The van der Waals surface area contributed by atoms with Crippen molar-refractivity contribution in [1.29, 1.82) is 0 Å². The van der Waals surface area contributed by atoms with Crippen LogP contribution in [0.15, 0.2) is 39.4 Å². The van der Waals surface area contributed by atoms with E-state index in [2.05, 4.69) is 25.1 Å². The molecule has 0 fully saturated rings. The lowest BCUT2D eigenvalue weighted by Gasteiger charge is -1.97. The van der Waals surface area contributed by atoms with Gasteiger partial charge in [-0.25, -0.2) is 15.0 Å². The van der Waals surface area contributed by atoms with Crippen molar-refractivity contribution in [2.75, 3.05) is 6.67 Å². The van der Waals surface area contributed by atoms with Gasteiger partial charge in [0.25, 0.3) is 0 Å². The first-order valence-electron chi connectivity index (χ1n) is 5.51. The molecule has 4 rings (SSSR count). The van der Waals surface area contributed by atoms with Crippen LogP contribution in [0.2, 0.25) is 0 Å². The van der Waals surface area contributed by atoms with Gasteiger partial charge in [0.15, 0.2) is 11.0 Å². The quantitative estimate of drug-likeness (QED) is 0.646. The van der Waals surface area contributed by atoms with Gasteiger partial charge in [-0.1, -0.05) is 24.3 Å². The van der Waals surface area contributed by atoms with Gasteiger partial charge in [0.1, 0.15) is 12.4 Å². The van der Waals surface area contributed by atoms with Crippen molar-refractivity contribution < 1.29 is 0 Å². The molecule has 6 nitrogen and oxygen atoms in total. The van der Waals surface area contributed by atoms with Gasteiger partial charge in [0.2, 0.25) is 0 Å². The molecule has 0 saturated carbocycles. The minimum Gasteiger partial charge on any atom is -0.334 e. The van der Waals surface area contributed by atoms with E-state index >= 15 is 0 Å². The number of fused-ring (bicyclic) bond motifs is 4. The molecular formula is C12H7N5O. The lowest BCUT2D eigenvalue weighted by Crippen LogP contribution is -2.30. The molecule has 1 aromatic carbocycles.